The van der Waals surface area contributed by atoms with Crippen molar-refractivity contribution >= 4 is 5.91 Å². The second kappa shape index (κ2) is 6.74. The van der Waals surface area contributed by atoms with E-state index in [-0.39, 0.29) is 11.8 Å². The van der Waals surface area contributed by atoms with Crippen molar-refractivity contribution < 1.29 is 4.79 Å². The Kier molecular flexibility index (Phi) is 5.26. The number of amides is 1. The van der Waals surface area contributed by atoms with Crippen molar-refractivity contribution in [2.24, 2.45) is 29.4 Å². The Morgan fingerprint density at radius 3 is 2.42 bits per heavy atom. The quantitative estimate of drug-likeness (QED) is 0.825. The standard InChI is InChI=1S/C16H30N2O/c1-11-3-5-13(6-4-11)10-18-16(19)15-8-7-14(17)9-12(15)2/h11-15H,3-10,17H2,1-2H3,(H,18,19). The summed E-state index contributed by atoms with van der Waals surface area (Å²) in [5.41, 5.74) is 5.96. The summed E-state index contributed by atoms with van der Waals surface area (Å²) in [4.78, 5) is 12.3. The van der Waals surface area contributed by atoms with Crippen molar-refractivity contribution in [2.45, 2.75) is 64.8 Å². The molecule has 3 unspecified atom stereocenters. The maximum Gasteiger partial charge on any atom is 0.223 e. The van der Waals surface area contributed by atoms with E-state index >= 15 is 0 Å². The lowest BCUT2D eigenvalue weighted by Crippen LogP contribution is -2.42. The van der Waals surface area contributed by atoms with Crippen LogP contribution in [-0.2, 0) is 4.79 Å². The molecule has 19 heavy (non-hydrogen) atoms. The van der Waals surface area contributed by atoms with Crippen LogP contribution in [0.1, 0.15) is 58.8 Å². The van der Waals surface area contributed by atoms with Gasteiger partial charge >= 0.3 is 0 Å². The van der Waals surface area contributed by atoms with Crippen molar-refractivity contribution in [1.82, 2.24) is 5.32 Å². The predicted octanol–water partition coefficient (Wildman–Crippen LogP) is 2.69. The third kappa shape index (κ3) is 4.20. The van der Waals surface area contributed by atoms with Gasteiger partial charge in [0.15, 0.2) is 0 Å². The molecule has 2 rings (SSSR count). The highest BCUT2D eigenvalue weighted by molar-refractivity contribution is 5.79. The monoisotopic (exact) mass is 266 g/mol. The molecule has 3 atom stereocenters. The van der Waals surface area contributed by atoms with Gasteiger partial charge in [0, 0.05) is 18.5 Å². The van der Waals surface area contributed by atoms with Gasteiger partial charge in [-0.1, -0.05) is 26.7 Å². The lowest BCUT2D eigenvalue weighted by molar-refractivity contribution is -0.127. The van der Waals surface area contributed by atoms with Gasteiger partial charge in [-0.15, -0.1) is 0 Å². The van der Waals surface area contributed by atoms with Crippen LogP contribution in [0.4, 0.5) is 0 Å². The van der Waals surface area contributed by atoms with Crippen molar-refractivity contribution in [3.05, 3.63) is 0 Å². The number of carbonyl (C=O) groups is 1. The Hall–Kier alpha value is -0.570. The third-order valence-electron chi connectivity index (χ3n) is 5.25. The van der Waals surface area contributed by atoms with E-state index in [9.17, 15) is 4.79 Å². The first-order valence-corrected chi connectivity index (χ1v) is 8.09. The lowest BCUT2D eigenvalue weighted by Gasteiger charge is -2.32. The summed E-state index contributed by atoms with van der Waals surface area (Å²) in [6, 6.07) is 0.305. The summed E-state index contributed by atoms with van der Waals surface area (Å²) in [5, 5.41) is 3.20. The van der Waals surface area contributed by atoms with E-state index in [1.54, 1.807) is 0 Å². The van der Waals surface area contributed by atoms with E-state index in [0.717, 1.165) is 31.7 Å². The summed E-state index contributed by atoms with van der Waals surface area (Å²) in [6.45, 7) is 5.40. The van der Waals surface area contributed by atoms with Crippen LogP contribution in [0.25, 0.3) is 0 Å². The molecule has 2 aliphatic carbocycles. The minimum atomic E-state index is 0.197. The normalized spacial score (nSPS) is 39.8. The van der Waals surface area contributed by atoms with E-state index in [4.69, 9.17) is 5.73 Å². The molecule has 1 amide bonds. The maximum atomic E-state index is 12.3. The number of nitrogens with one attached hydrogen (secondary N) is 1. The zero-order valence-electron chi connectivity index (χ0n) is 12.5. The molecule has 3 N–H and O–H groups in total. The van der Waals surface area contributed by atoms with Gasteiger partial charge in [0.2, 0.25) is 5.91 Å². The summed E-state index contributed by atoms with van der Waals surface area (Å²) >= 11 is 0. The Morgan fingerprint density at radius 2 is 1.79 bits per heavy atom. The zero-order valence-corrected chi connectivity index (χ0v) is 12.5. The van der Waals surface area contributed by atoms with Crippen LogP contribution >= 0.6 is 0 Å². The van der Waals surface area contributed by atoms with Crippen LogP contribution in [0.15, 0.2) is 0 Å². The molecule has 0 heterocycles. The van der Waals surface area contributed by atoms with Crippen molar-refractivity contribution in [2.75, 3.05) is 6.54 Å². The summed E-state index contributed by atoms with van der Waals surface area (Å²) < 4.78 is 0. The van der Waals surface area contributed by atoms with E-state index in [1.807, 2.05) is 0 Å². The van der Waals surface area contributed by atoms with Crippen molar-refractivity contribution in [1.29, 1.82) is 0 Å². The fourth-order valence-electron chi connectivity index (χ4n) is 3.74. The first kappa shape index (κ1) is 14.8. The number of carbonyl (C=O) groups excluding carboxylic acids is 1. The molecule has 0 aromatic carbocycles. The average molecular weight is 266 g/mol. The fraction of sp³-hybridized carbons (Fsp3) is 0.938. The van der Waals surface area contributed by atoms with E-state index in [2.05, 4.69) is 19.2 Å². The topological polar surface area (TPSA) is 55.1 Å². The molecule has 2 fully saturated rings. The van der Waals surface area contributed by atoms with Crippen LogP contribution in [-0.4, -0.2) is 18.5 Å². The van der Waals surface area contributed by atoms with E-state index in [1.165, 1.54) is 25.7 Å². The molecule has 2 aliphatic rings. The minimum absolute atomic E-state index is 0.197. The Balaban J connectivity index is 1.72. The molecule has 3 heteroatoms. The Labute approximate surface area is 117 Å². The van der Waals surface area contributed by atoms with Crippen LogP contribution in [0.5, 0.6) is 0 Å². The highest BCUT2D eigenvalue weighted by atomic mass is 16.1. The highest BCUT2D eigenvalue weighted by Gasteiger charge is 2.31. The van der Waals surface area contributed by atoms with Crippen molar-refractivity contribution in [3.8, 4) is 0 Å². The molecule has 110 valence electrons. The summed E-state index contributed by atoms with van der Waals surface area (Å²) in [6.07, 6.45) is 8.20. The molecule has 3 nitrogen and oxygen atoms in total. The van der Waals surface area contributed by atoms with Gasteiger partial charge in [0.1, 0.15) is 0 Å². The SMILES string of the molecule is CC1CCC(CNC(=O)C2CCC(N)CC2C)CC1. The van der Waals surface area contributed by atoms with Crippen LogP contribution in [0.2, 0.25) is 0 Å². The summed E-state index contributed by atoms with van der Waals surface area (Å²) in [7, 11) is 0. The van der Waals surface area contributed by atoms with E-state index < -0.39 is 0 Å². The molecule has 0 spiro atoms. The number of rotatable bonds is 3. The molecule has 0 aliphatic heterocycles. The second-order valence-corrected chi connectivity index (χ2v) is 7.03. The summed E-state index contributed by atoms with van der Waals surface area (Å²) in [5.74, 6) is 2.50. The minimum Gasteiger partial charge on any atom is -0.356 e. The first-order chi connectivity index (χ1) is 9.06. The smallest absolute Gasteiger partial charge is 0.223 e. The van der Waals surface area contributed by atoms with E-state index in [0.29, 0.717) is 17.9 Å². The van der Waals surface area contributed by atoms with Crippen LogP contribution in [0, 0.1) is 23.7 Å². The lowest BCUT2D eigenvalue weighted by atomic mass is 9.77. The van der Waals surface area contributed by atoms with Gasteiger partial charge in [-0.3, -0.25) is 4.79 Å². The first-order valence-electron chi connectivity index (χ1n) is 8.09. The molecule has 0 aromatic heterocycles. The van der Waals surface area contributed by atoms with Crippen LogP contribution < -0.4 is 11.1 Å². The molecule has 0 saturated heterocycles. The molecule has 2 saturated carbocycles. The molecule has 0 bridgehead atoms. The Morgan fingerprint density at radius 1 is 1.11 bits per heavy atom. The van der Waals surface area contributed by atoms with Crippen molar-refractivity contribution in [3.63, 3.8) is 0 Å². The molecule has 0 aromatic rings. The number of nitrogens with two attached hydrogens (primary N) is 1. The number of hydrogen-bond acceptors (Lipinski definition) is 2. The zero-order chi connectivity index (χ0) is 13.8. The van der Waals surface area contributed by atoms with Gasteiger partial charge in [-0.25, -0.2) is 0 Å². The van der Waals surface area contributed by atoms with Gasteiger partial charge in [-0.2, -0.15) is 0 Å². The molecule has 0 radical (unpaired) electrons. The predicted molar refractivity (Wildman–Crippen MR) is 78.6 cm³/mol. The van der Waals surface area contributed by atoms with Gasteiger partial charge < -0.3 is 11.1 Å². The van der Waals surface area contributed by atoms with Gasteiger partial charge in [-0.05, 0) is 49.9 Å². The van der Waals surface area contributed by atoms with Gasteiger partial charge in [0.25, 0.3) is 0 Å². The van der Waals surface area contributed by atoms with Gasteiger partial charge in [0.05, 0.1) is 0 Å². The number of hydrogen-bond donors (Lipinski definition) is 2. The fourth-order valence-corrected chi connectivity index (χ4v) is 3.74. The highest BCUT2D eigenvalue weighted by Crippen LogP contribution is 2.30. The average Bonchev–Trinajstić information content (AvgIpc) is 2.37. The Bertz CT molecular complexity index is 297. The van der Waals surface area contributed by atoms with Crippen LogP contribution in [0.3, 0.4) is 0 Å². The molecular weight excluding hydrogens is 236 g/mol. The largest absolute Gasteiger partial charge is 0.356 e. The second-order valence-electron chi connectivity index (χ2n) is 7.03. The molecular formula is C16H30N2O. The maximum absolute atomic E-state index is 12.3. The third-order valence-corrected chi connectivity index (χ3v) is 5.25.